The van der Waals surface area contributed by atoms with E-state index >= 15 is 0 Å². The molecule has 1 unspecified atom stereocenters. The number of hydrogen-bond acceptors (Lipinski definition) is 3. The molecule has 1 aliphatic rings. The van der Waals surface area contributed by atoms with Crippen molar-refractivity contribution in [2.75, 3.05) is 13.6 Å². The first kappa shape index (κ1) is 16.4. The maximum absolute atomic E-state index is 12.9. The third kappa shape index (κ3) is 3.25. The maximum atomic E-state index is 12.9. The zero-order valence-electron chi connectivity index (χ0n) is 14.2. The normalized spacial score (nSPS) is 15.3. The molecule has 5 nitrogen and oxygen atoms in total. The first-order valence-electron chi connectivity index (χ1n) is 8.26. The Hall–Kier alpha value is -2.43. The number of carbonyl (C=O) groups excluding carboxylic acids is 1. The predicted octanol–water partition coefficient (Wildman–Crippen LogP) is 3.21. The maximum Gasteiger partial charge on any atom is 0.308 e. The number of amides is 1. The smallest absolute Gasteiger partial charge is 0.308 e. The molecule has 1 aliphatic carbocycles. The van der Waals surface area contributed by atoms with Crippen LogP contribution in [-0.2, 0) is 4.79 Å². The standard InChI is InChI=1S/C19H22N2O3/c1-11-4-7-16-14(8-11)15(9-17(20-16)13-5-6-13)18(22)21(3)10-12(2)19(23)24/h4,7-9,12-13H,5-6,10H2,1-3H3,(H,23,24). The quantitative estimate of drug-likeness (QED) is 0.916. The average Bonchev–Trinajstić information content (AvgIpc) is 3.37. The largest absolute Gasteiger partial charge is 0.481 e. The van der Waals surface area contributed by atoms with Crippen LogP contribution in [0.4, 0.5) is 0 Å². The fourth-order valence-corrected chi connectivity index (χ4v) is 2.90. The van der Waals surface area contributed by atoms with Crippen molar-refractivity contribution in [3.05, 3.63) is 41.1 Å². The van der Waals surface area contributed by atoms with Crippen LogP contribution < -0.4 is 0 Å². The van der Waals surface area contributed by atoms with Gasteiger partial charge in [-0.2, -0.15) is 0 Å². The molecular formula is C19H22N2O3. The number of benzene rings is 1. The highest BCUT2D eigenvalue weighted by Crippen LogP contribution is 2.40. The van der Waals surface area contributed by atoms with Gasteiger partial charge in [0, 0.05) is 30.6 Å². The zero-order valence-corrected chi connectivity index (χ0v) is 14.2. The molecule has 1 heterocycles. The highest BCUT2D eigenvalue weighted by Gasteiger charge is 2.28. The molecule has 126 valence electrons. The Morgan fingerprint density at radius 2 is 2.04 bits per heavy atom. The van der Waals surface area contributed by atoms with Crippen molar-refractivity contribution < 1.29 is 14.7 Å². The van der Waals surface area contributed by atoms with Crippen LogP contribution in [0.1, 0.15) is 47.3 Å². The van der Waals surface area contributed by atoms with E-state index < -0.39 is 11.9 Å². The van der Waals surface area contributed by atoms with Crippen LogP contribution in [0, 0.1) is 12.8 Å². The number of fused-ring (bicyclic) bond motifs is 1. The minimum absolute atomic E-state index is 0.150. The first-order chi connectivity index (χ1) is 11.4. The van der Waals surface area contributed by atoms with E-state index in [-0.39, 0.29) is 12.5 Å². The van der Waals surface area contributed by atoms with Crippen LogP contribution in [0.5, 0.6) is 0 Å². The highest BCUT2D eigenvalue weighted by molar-refractivity contribution is 6.06. The molecule has 1 aromatic carbocycles. The lowest BCUT2D eigenvalue weighted by Crippen LogP contribution is -2.33. The lowest BCUT2D eigenvalue weighted by molar-refractivity contribution is -0.141. The fraction of sp³-hybridized carbons (Fsp3) is 0.421. The molecule has 0 spiro atoms. The Morgan fingerprint density at radius 1 is 1.33 bits per heavy atom. The van der Waals surface area contributed by atoms with Crippen LogP contribution in [0.25, 0.3) is 10.9 Å². The van der Waals surface area contributed by atoms with E-state index in [1.807, 2.05) is 31.2 Å². The monoisotopic (exact) mass is 326 g/mol. The van der Waals surface area contributed by atoms with E-state index in [1.54, 1.807) is 14.0 Å². The van der Waals surface area contributed by atoms with Crippen LogP contribution >= 0.6 is 0 Å². The van der Waals surface area contributed by atoms with Gasteiger partial charge < -0.3 is 10.0 Å². The summed E-state index contributed by atoms with van der Waals surface area (Å²) in [5, 5.41) is 9.90. The van der Waals surface area contributed by atoms with Crippen molar-refractivity contribution in [2.24, 2.45) is 5.92 Å². The summed E-state index contributed by atoms with van der Waals surface area (Å²) in [6.07, 6.45) is 2.23. The summed E-state index contributed by atoms with van der Waals surface area (Å²) in [5.41, 5.74) is 3.48. The summed E-state index contributed by atoms with van der Waals surface area (Å²) < 4.78 is 0. The second-order valence-corrected chi connectivity index (χ2v) is 6.81. The minimum Gasteiger partial charge on any atom is -0.481 e. The van der Waals surface area contributed by atoms with Gasteiger partial charge in [0.25, 0.3) is 5.91 Å². The number of aryl methyl sites for hydroxylation is 1. The molecule has 2 aromatic rings. The van der Waals surface area contributed by atoms with Gasteiger partial charge in [-0.25, -0.2) is 0 Å². The van der Waals surface area contributed by atoms with Crippen LogP contribution in [0.15, 0.2) is 24.3 Å². The molecule has 24 heavy (non-hydrogen) atoms. The van der Waals surface area contributed by atoms with Gasteiger partial charge in [-0.3, -0.25) is 14.6 Å². The lowest BCUT2D eigenvalue weighted by Gasteiger charge is -2.21. The van der Waals surface area contributed by atoms with E-state index in [0.717, 1.165) is 35.0 Å². The molecule has 0 aliphatic heterocycles. The van der Waals surface area contributed by atoms with Crippen LogP contribution in [0.3, 0.4) is 0 Å². The number of nitrogens with zero attached hydrogens (tertiary/aromatic N) is 2. The molecule has 0 radical (unpaired) electrons. The number of hydrogen-bond donors (Lipinski definition) is 1. The summed E-state index contributed by atoms with van der Waals surface area (Å²) in [7, 11) is 1.65. The molecule has 1 aromatic heterocycles. The van der Waals surface area contributed by atoms with Gasteiger partial charge >= 0.3 is 5.97 Å². The molecule has 1 atom stereocenters. The lowest BCUT2D eigenvalue weighted by atomic mass is 10.0. The Labute approximate surface area is 141 Å². The van der Waals surface area contributed by atoms with E-state index in [9.17, 15) is 9.59 Å². The van der Waals surface area contributed by atoms with E-state index in [4.69, 9.17) is 10.1 Å². The molecule has 1 amide bonds. The Morgan fingerprint density at radius 3 is 2.67 bits per heavy atom. The average molecular weight is 326 g/mol. The molecule has 3 rings (SSSR count). The van der Waals surface area contributed by atoms with Gasteiger partial charge in [-0.15, -0.1) is 0 Å². The van der Waals surface area contributed by atoms with Crippen molar-refractivity contribution >= 4 is 22.8 Å². The summed E-state index contributed by atoms with van der Waals surface area (Å²) >= 11 is 0. The van der Waals surface area contributed by atoms with Crippen molar-refractivity contribution in [1.29, 1.82) is 0 Å². The highest BCUT2D eigenvalue weighted by atomic mass is 16.4. The van der Waals surface area contributed by atoms with Crippen LogP contribution in [0.2, 0.25) is 0 Å². The number of pyridine rings is 1. The van der Waals surface area contributed by atoms with Crippen molar-refractivity contribution in [1.82, 2.24) is 9.88 Å². The van der Waals surface area contributed by atoms with Gasteiger partial charge in [0.2, 0.25) is 0 Å². The van der Waals surface area contributed by atoms with E-state index in [2.05, 4.69) is 0 Å². The third-order valence-electron chi connectivity index (χ3n) is 4.53. The number of aromatic nitrogens is 1. The SMILES string of the molecule is Cc1ccc2nc(C3CC3)cc(C(=O)N(C)CC(C)C(=O)O)c2c1. The number of carboxylic acids is 1. The summed E-state index contributed by atoms with van der Waals surface area (Å²) in [6, 6.07) is 7.81. The van der Waals surface area contributed by atoms with Gasteiger partial charge in [0.1, 0.15) is 0 Å². The predicted molar refractivity (Wildman–Crippen MR) is 92.2 cm³/mol. The number of carboxylic acid groups (broad SMARTS) is 1. The van der Waals surface area contributed by atoms with Gasteiger partial charge in [-0.1, -0.05) is 18.6 Å². The van der Waals surface area contributed by atoms with Crippen LogP contribution in [-0.4, -0.2) is 40.5 Å². The van der Waals surface area contributed by atoms with Gasteiger partial charge in [0.05, 0.1) is 17.0 Å². The third-order valence-corrected chi connectivity index (χ3v) is 4.53. The minimum atomic E-state index is -0.899. The molecular weight excluding hydrogens is 304 g/mol. The molecule has 1 fully saturated rings. The Balaban J connectivity index is 2.01. The van der Waals surface area contributed by atoms with Gasteiger partial charge in [-0.05, 0) is 38.0 Å². The molecule has 1 saturated carbocycles. The fourth-order valence-electron chi connectivity index (χ4n) is 2.90. The Bertz CT molecular complexity index is 812. The molecule has 1 N–H and O–H groups in total. The molecule has 0 bridgehead atoms. The molecule has 5 heteroatoms. The number of rotatable bonds is 5. The zero-order chi connectivity index (χ0) is 17.4. The molecule has 0 saturated heterocycles. The summed E-state index contributed by atoms with van der Waals surface area (Å²) in [6.45, 7) is 3.78. The summed E-state index contributed by atoms with van der Waals surface area (Å²) in [4.78, 5) is 30.2. The Kier molecular flexibility index (Phi) is 4.26. The van der Waals surface area contributed by atoms with E-state index in [1.165, 1.54) is 4.90 Å². The van der Waals surface area contributed by atoms with E-state index in [0.29, 0.717) is 11.5 Å². The van der Waals surface area contributed by atoms with Gasteiger partial charge in [0.15, 0.2) is 0 Å². The van der Waals surface area contributed by atoms with Crippen molar-refractivity contribution in [3.63, 3.8) is 0 Å². The van der Waals surface area contributed by atoms with Crippen molar-refractivity contribution in [2.45, 2.75) is 32.6 Å². The topological polar surface area (TPSA) is 70.5 Å². The second kappa shape index (κ2) is 6.23. The van der Waals surface area contributed by atoms with Crippen molar-refractivity contribution in [3.8, 4) is 0 Å². The first-order valence-corrected chi connectivity index (χ1v) is 8.26. The summed E-state index contributed by atoms with van der Waals surface area (Å²) in [5.74, 6) is -1.20. The number of aliphatic carboxylic acids is 1. The number of carbonyl (C=O) groups is 2. The second-order valence-electron chi connectivity index (χ2n) is 6.81.